The number of hydrogen-bond acceptors (Lipinski definition) is 3. The van der Waals surface area contributed by atoms with E-state index in [0.717, 1.165) is 45.3 Å². The highest BCUT2D eigenvalue weighted by Gasteiger charge is 2.24. The Balaban J connectivity index is 1.73. The third-order valence-corrected chi connectivity index (χ3v) is 4.50. The Kier molecular flexibility index (Phi) is 5.37. The van der Waals surface area contributed by atoms with E-state index in [1.54, 1.807) is 6.92 Å². The lowest BCUT2D eigenvalue weighted by Crippen LogP contribution is -2.49. The highest BCUT2D eigenvalue weighted by Crippen LogP contribution is 2.16. The molecule has 1 aromatic rings. The van der Waals surface area contributed by atoms with Crippen molar-refractivity contribution in [3.8, 4) is 0 Å². The van der Waals surface area contributed by atoms with Crippen molar-refractivity contribution >= 4 is 5.91 Å². The quantitative estimate of drug-likeness (QED) is 0.779. The number of unbranched alkanes of at least 4 members (excludes halogenated alkanes) is 1. The second-order valence-electron chi connectivity index (χ2n) is 6.35. The van der Waals surface area contributed by atoms with Crippen LogP contribution < -0.4 is 11.5 Å². The fourth-order valence-corrected chi connectivity index (χ4v) is 2.89. The number of carbonyl (C=O) groups excluding carboxylic acids is 1. The number of benzene rings is 1. The third kappa shape index (κ3) is 4.55. The number of primary amides is 1. The molecular formula is C17H27N3O. The van der Waals surface area contributed by atoms with Gasteiger partial charge in [0.25, 0.3) is 0 Å². The second kappa shape index (κ2) is 7.05. The zero-order chi connectivity index (χ0) is 15.3. The summed E-state index contributed by atoms with van der Waals surface area (Å²) in [6.45, 7) is 5.03. The van der Waals surface area contributed by atoms with Gasteiger partial charge in [-0.15, -0.1) is 0 Å². The van der Waals surface area contributed by atoms with Crippen molar-refractivity contribution in [2.24, 2.45) is 11.5 Å². The van der Waals surface area contributed by atoms with Crippen LogP contribution in [-0.2, 0) is 17.6 Å². The van der Waals surface area contributed by atoms with Crippen molar-refractivity contribution in [1.82, 2.24) is 4.90 Å². The Morgan fingerprint density at radius 1 is 1.19 bits per heavy atom. The van der Waals surface area contributed by atoms with E-state index in [0.29, 0.717) is 6.42 Å². The smallest absolute Gasteiger partial charge is 0.237 e. The van der Waals surface area contributed by atoms with Crippen LogP contribution in [0.2, 0.25) is 0 Å². The Morgan fingerprint density at radius 3 is 2.29 bits per heavy atom. The minimum atomic E-state index is -0.866. The van der Waals surface area contributed by atoms with E-state index in [4.69, 9.17) is 11.5 Å². The summed E-state index contributed by atoms with van der Waals surface area (Å²) in [6.07, 6.45) is 4.93. The van der Waals surface area contributed by atoms with E-state index in [-0.39, 0.29) is 0 Å². The molecule has 0 aromatic heterocycles. The van der Waals surface area contributed by atoms with Gasteiger partial charge >= 0.3 is 0 Å². The molecule has 0 saturated carbocycles. The zero-order valence-corrected chi connectivity index (χ0v) is 13.0. The lowest BCUT2D eigenvalue weighted by Gasteiger charge is -2.22. The lowest BCUT2D eigenvalue weighted by molar-refractivity contribution is -0.122. The van der Waals surface area contributed by atoms with Gasteiger partial charge in [0.05, 0.1) is 5.54 Å². The number of fused-ring (bicyclic) bond motifs is 1. The fraction of sp³-hybridized carbons (Fsp3) is 0.588. The van der Waals surface area contributed by atoms with E-state index < -0.39 is 11.4 Å². The highest BCUT2D eigenvalue weighted by molar-refractivity contribution is 5.83. The molecular weight excluding hydrogens is 262 g/mol. The van der Waals surface area contributed by atoms with Crippen molar-refractivity contribution in [3.05, 3.63) is 35.4 Å². The van der Waals surface area contributed by atoms with Crippen LogP contribution in [0.25, 0.3) is 0 Å². The number of nitrogens with two attached hydrogens (primary N) is 2. The molecule has 1 aromatic carbocycles. The van der Waals surface area contributed by atoms with Crippen molar-refractivity contribution < 1.29 is 4.79 Å². The summed E-state index contributed by atoms with van der Waals surface area (Å²) in [7, 11) is 0. The molecule has 1 amide bonds. The van der Waals surface area contributed by atoms with Crippen LogP contribution in [0.4, 0.5) is 0 Å². The normalized spacial score (nSPS) is 18.6. The molecule has 4 nitrogen and oxygen atoms in total. The van der Waals surface area contributed by atoms with Gasteiger partial charge in [-0.2, -0.15) is 0 Å². The largest absolute Gasteiger partial charge is 0.368 e. The topological polar surface area (TPSA) is 72.3 Å². The third-order valence-electron chi connectivity index (χ3n) is 4.50. The average Bonchev–Trinajstić information content (AvgIpc) is 2.66. The van der Waals surface area contributed by atoms with Gasteiger partial charge in [-0.25, -0.2) is 0 Å². The molecule has 0 bridgehead atoms. The van der Waals surface area contributed by atoms with Crippen LogP contribution in [0.15, 0.2) is 24.3 Å². The Hall–Kier alpha value is -1.39. The van der Waals surface area contributed by atoms with E-state index in [9.17, 15) is 4.79 Å². The van der Waals surface area contributed by atoms with Gasteiger partial charge in [-0.3, -0.25) is 4.79 Å². The van der Waals surface area contributed by atoms with Crippen LogP contribution >= 0.6 is 0 Å². The maximum absolute atomic E-state index is 11.2. The summed E-state index contributed by atoms with van der Waals surface area (Å²) in [6, 6.07) is 8.73. The monoisotopic (exact) mass is 289 g/mol. The van der Waals surface area contributed by atoms with Crippen LogP contribution in [-0.4, -0.2) is 36.0 Å². The van der Waals surface area contributed by atoms with Crippen molar-refractivity contribution in [1.29, 1.82) is 0 Å². The van der Waals surface area contributed by atoms with Gasteiger partial charge in [0.1, 0.15) is 0 Å². The fourth-order valence-electron chi connectivity index (χ4n) is 2.89. The van der Waals surface area contributed by atoms with Gasteiger partial charge in [0.15, 0.2) is 0 Å². The number of rotatable bonds is 6. The van der Waals surface area contributed by atoms with Crippen LogP contribution in [0.5, 0.6) is 0 Å². The minimum Gasteiger partial charge on any atom is -0.368 e. The number of nitrogens with zero attached hydrogens (tertiary/aromatic N) is 1. The molecule has 0 radical (unpaired) electrons. The van der Waals surface area contributed by atoms with E-state index in [1.165, 1.54) is 11.1 Å². The summed E-state index contributed by atoms with van der Waals surface area (Å²) < 4.78 is 0. The van der Waals surface area contributed by atoms with Crippen LogP contribution in [0.3, 0.4) is 0 Å². The minimum absolute atomic E-state index is 0.410. The molecule has 1 unspecified atom stereocenters. The van der Waals surface area contributed by atoms with Gasteiger partial charge in [0, 0.05) is 13.1 Å². The summed E-state index contributed by atoms with van der Waals surface area (Å²) in [5, 5.41) is 0. The molecule has 0 fully saturated rings. The Labute approximate surface area is 127 Å². The van der Waals surface area contributed by atoms with E-state index in [2.05, 4.69) is 29.2 Å². The standard InChI is InChI=1S/C17H27N3O/c1-17(19,16(18)21)10-4-5-11-20-12-8-14-6-2-3-7-15(14)9-13-20/h2-3,6-7H,4-5,8-13,19H2,1H3,(H2,18,21). The maximum Gasteiger partial charge on any atom is 0.237 e. The molecule has 0 spiro atoms. The van der Waals surface area contributed by atoms with Crippen LogP contribution in [0, 0.1) is 0 Å². The first-order valence-electron chi connectivity index (χ1n) is 7.87. The summed E-state index contributed by atoms with van der Waals surface area (Å²) in [5.41, 5.74) is 13.3. The maximum atomic E-state index is 11.2. The Bertz CT molecular complexity index is 458. The SMILES string of the molecule is CC(N)(CCCCN1CCc2ccccc2CC1)C(N)=O. The summed E-state index contributed by atoms with van der Waals surface area (Å²) >= 11 is 0. The highest BCUT2D eigenvalue weighted by atomic mass is 16.1. The summed E-state index contributed by atoms with van der Waals surface area (Å²) in [4.78, 5) is 13.7. The number of hydrogen-bond donors (Lipinski definition) is 2. The molecule has 4 N–H and O–H groups in total. The first-order chi connectivity index (χ1) is 9.99. The molecule has 4 heteroatoms. The average molecular weight is 289 g/mol. The molecule has 1 aliphatic rings. The van der Waals surface area contributed by atoms with Gasteiger partial charge < -0.3 is 16.4 Å². The molecule has 21 heavy (non-hydrogen) atoms. The second-order valence-corrected chi connectivity index (χ2v) is 6.35. The molecule has 1 atom stereocenters. The van der Waals surface area contributed by atoms with Gasteiger partial charge in [-0.1, -0.05) is 24.3 Å². The summed E-state index contributed by atoms with van der Waals surface area (Å²) in [5.74, 6) is -0.410. The predicted octanol–water partition coefficient (Wildman–Crippen LogP) is 1.46. The Morgan fingerprint density at radius 2 is 1.76 bits per heavy atom. The predicted molar refractivity (Wildman–Crippen MR) is 85.9 cm³/mol. The van der Waals surface area contributed by atoms with Gasteiger partial charge in [-0.05, 0) is 56.7 Å². The van der Waals surface area contributed by atoms with Crippen molar-refractivity contribution in [2.75, 3.05) is 19.6 Å². The zero-order valence-electron chi connectivity index (χ0n) is 13.0. The van der Waals surface area contributed by atoms with E-state index in [1.807, 2.05) is 0 Å². The molecule has 0 aliphatic carbocycles. The molecule has 0 saturated heterocycles. The van der Waals surface area contributed by atoms with Gasteiger partial charge in [0.2, 0.25) is 5.91 Å². The molecule has 1 heterocycles. The molecule has 2 rings (SSSR count). The van der Waals surface area contributed by atoms with Crippen LogP contribution in [0.1, 0.15) is 37.3 Å². The van der Waals surface area contributed by atoms with Crippen molar-refractivity contribution in [2.45, 2.75) is 44.6 Å². The molecule has 1 aliphatic heterocycles. The first-order valence-corrected chi connectivity index (χ1v) is 7.87. The lowest BCUT2D eigenvalue weighted by atomic mass is 9.95. The number of carbonyl (C=O) groups is 1. The molecule has 116 valence electrons. The van der Waals surface area contributed by atoms with E-state index >= 15 is 0 Å². The first kappa shape index (κ1) is 16.0. The number of amides is 1. The van der Waals surface area contributed by atoms with Crippen molar-refractivity contribution in [3.63, 3.8) is 0 Å².